The molecule has 12 heavy (non-hydrogen) atoms. The standard InChI is InChI=1S/C8H2Br2O2/c9-7-1-5(3-11)8(10)2-6(7)4-12/h1-2H. The van der Waals surface area contributed by atoms with Crippen LogP contribution in [0.5, 0.6) is 0 Å². The van der Waals surface area contributed by atoms with Crippen molar-refractivity contribution >= 4 is 44.4 Å². The molecule has 0 fully saturated rings. The van der Waals surface area contributed by atoms with E-state index in [1.54, 1.807) is 12.6 Å². The number of carbonyl (C=O) groups excluding carboxylic acids is 2. The van der Waals surface area contributed by atoms with Crippen molar-refractivity contribution in [3.05, 3.63) is 32.2 Å². The minimum absolute atomic E-state index is 0.376. The Morgan fingerprint density at radius 1 is 0.917 bits per heavy atom. The van der Waals surface area contributed by atoms with Crippen LogP contribution in [0.3, 0.4) is 0 Å². The molecule has 0 amide bonds. The summed E-state index contributed by atoms with van der Waals surface area (Å²) in [5.74, 6) is 0. The fraction of sp³-hybridized carbons (Fsp3) is 0. The van der Waals surface area contributed by atoms with Gasteiger partial charge in [0.1, 0.15) is 0 Å². The molecule has 0 saturated heterocycles. The van der Waals surface area contributed by atoms with E-state index in [1.165, 1.54) is 12.1 Å². The van der Waals surface area contributed by atoms with Crippen molar-refractivity contribution in [2.45, 2.75) is 0 Å². The first-order valence-electron chi connectivity index (χ1n) is 2.94. The van der Waals surface area contributed by atoms with E-state index in [0.29, 0.717) is 20.1 Å². The van der Waals surface area contributed by atoms with E-state index in [9.17, 15) is 9.59 Å². The van der Waals surface area contributed by atoms with E-state index in [-0.39, 0.29) is 0 Å². The molecule has 1 rings (SSSR count). The average Bonchev–Trinajstić information content (AvgIpc) is 2.08. The summed E-state index contributed by atoms with van der Waals surface area (Å²) in [5, 5.41) is 0. The molecule has 0 N–H and O–H groups in total. The van der Waals surface area contributed by atoms with Gasteiger partial charge < -0.3 is 0 Å². The molecule has 0 aliphatic rings. The molecule has 0 aromatic heterocycles. The van der Waals surface area contributed by atoms with Gasteiger partial charge >= 0.3 is 0 Å². The van der Waals surface area contributed by atoms with Gasteiger partial charge in [0, 0.05) is 20.1 Å². The third-order valence-corrected chi connectivity index (χ3v) is 2.59. The summed E-state index contributed by atoms with van der Waals surface area (Å²) < 4.78 is 1.08. The van der Waals surface area contributed by atoms with Crippen LogP contribution in [-0.2, 0) is 9.59 Å². The first kappa shape index (κ1) is 9.61. The number of hydrogen-bond acceptors (Lipinski definition) is 2. The second-order valence-corrected chi connectivity index (χ2v) is 3.72. The van der Waals surface area contributed by atoms with Crippen LogP contribution < -0.4 is 0 Å². The molecule has 2 radical (unpaired) electrons. The minimum atomic E-state index is 0.376. The smallest absolute Gasteiger partial charge is 0.234 e. The molecule has 0 bridgehead atoms. The Hall–Kier alpha value is -0.480. The number of hydrogen-bond donors (Lipinski definition) is 0. The number of benzene rings is 1. The van der Waals surface area contributed by atoms with Crippen molar-refractivity contribution < 1.29 is 9.59 Å². The van der Waals surface area contributed by atoms with Crippen molar-refractivity contribution in [1.82, 2.24) is 0 Å². The van der Waals surface area contributed by atoms with Gasteiger partial charge in [-0.25, -0.2) is 0 Å². The summed E-state index contributed by atoms with van der Waals surface area (Å²) in [7, 11) is 0. The maximum absolute atomic E-state index is 10.3. The van der Waals surface area contributed by atoms with E-state index in [1.807, 2.05) is 0 Å². The van der Waals surface area contributed by atoms with E-state index < -0.39 is 0 Å². The molecule has 0 aliphatic carbocycles. The number of halogens is 2. The first-order valence-corrected chi connectivity index (χ1v) is 4.53. The van der Waals surface area contributed by atoms with Crippen LogP contribution in [0, 0.1) is 0 Å². The zero-order valence-corrected chi connectivity index (χ0v) is 8.90. The fourth-order valence-corrected chi connectivity index (χ4v) is 1.55. The van der Waals surface area contributed by atoms with Gasteiger partial charge in [0.05, 0.1) is 0 Å². The molecule has 60 valence electrons. The van der Waals surface area contributed by atoms with Crippen LogP contribution in [-0.4, -0.2) is 12.6 Å². The highest BCUT2D eigenvalue weighted by molar-refractivity contribution is 9.11. The molecule has 0 aliphatic heterocycles. The normalized spacial score (nSPS) is 9.50. The van der Waals surface area contributed by atoms with Gasteiger partial charge in [0.15, 0.2) is 0 Å². The molecule has 0 spiro atoms. The SMILES string of the molecule is O=[C]c1cc(Br)c([C]=O)cc1Br. The van der Waals surface area contributed by atoms with Gasteiger partial charge in [0.2, 0.25) is 12.6 Å². The Labute approximate surface area is 86.2 Å². The Bertz CT molecular complexity index is 300. The second kappa shape index (κ2) is 3.96. The lowest BCUT2D eigenvalue weighted by Gasteiger charge is -1.98. The Morgan fingerprint density at radius 2 is 1.25 bits per heavy atom. The summed E-state index contributed by atoms with van der Waals surface area (Å²) in [5.41, 5.74) is 0.752. The zero-order chi connectivity index (χ0) is 9.14. The van der Waals surface area contributed by atoms with Gasteiger partial charge in [-0.1, -0.05) is 31.9 Å². The van der Waals surface area contributed by atoms with Gasteiger partial charge in [-0.05, 0) is 12.1 Å². The van der Waals surface area contributed by atoms with Crippen LogP contribution in [0.2, 0.25) is 0 Å². The molecule has 4 heteroatoms. The minimum Gasteiger partial charge on any atom is -0.285 e. The number of rotatable bonds is 2. The van der Waals surface area contributed by atoms with Crippen molar-refractivity contribution in [3.63, 3.8) is 0 Å². The Morgan fingerprint density at radius 3 is 1.50 bits per heavy atom. The predicted octanol–water partition coefficient (Wildman–Crippen LogP) is 2.13. The third kappa shape index (κ3) is 1.81. The lowest BCUT2D eigenvalue weighted by Crippen LogP contribution is -1.88. The Balaban J connectivity index is 3.34. The molecule has 2 nitrogen and oxygen atoms in total. The summed E-state index contributed by atoms with van der Waals surface area (Å²) >= 11 is 6.24. The maximum Gasteiger partial charge on any atom is 0.234 e. The van der Waals surface area contributed by atoms with Gasteiger partial charge in [-0.2, -0.15) is 0 Å². The lowest BCUT2D eigenvalue weighted by atomic mass is 10.2. The molecule has 0 unspecified atom stereocenters. The topological polar surface area (TPSA) is 34.1 Å². The van der Waals surface area contributed by atoms with Gasteiger partial charge in [-0.3, -0.25) is 9.59 Å². The molecule has 1 aromatic carbocycles. The molecule has 0 heterocycles. The highest BCUT2D eigenvalue weighted by Gasteiger charge is 2.05. The quantitative estimate of drug-likeness (QED) is 0.836. The molecular weight excluding hydrogens is 288 g/mol. The average molecular weight is 290 g/mol. The van der Waals surface area contributed by atoms with Crippen LogP contribution in [0.25, 0.3) is 0 Å². The third-order valence-electron chi connectivity index (χ3n) is 1.28. The van der Waals surface area contributed by atoms with E-state index in [0.717, 1.165) is 0 Å². The molecule has 0 atom stereocenters. The van der Waals surface area contributed by atoms with Crippen LogP contribution >= 0.6 is 31.9 Å². The van der Waals surface area contributed by atoms with E-state index in [2.05, 4.69) is 31.9 Å². The van der Waals surface area contributed by atoms with E-state index >= 15 is 0 Å². The van der Waals surface area contributed by atoms with Gasteiger partial charge in [0.25, 0.3) is 0 Å². The molecule has 1 aromatic rings. The predicted molar refractivity (Wildman–Crippen MR) is 51.4 cm³/mol. The summed E-state index contributed by atoms with van der Waals surface area (Å²) in [6.07, 6.45) is 3.46. The summed E-state index contributed by atoms with van der Waals surface area (Å²) in [6.45, 7) is 0. The van der Waals surface area contributed by atoms with Gasteiger partial charge in [-0.15, -0.1) is 0 Å². The fourth-order valence-electron chi connectivity index (χ4n) is 0.703. The lowest BCUT2D eigenvalue weighted by molar-refractivity contribution is 0.561. The maximum atomic E-state index is 10.3. The van der Waals surface area contributed by atoms with Crippen LogP contribution in [0.15, 0.2) is 21.1 Å². The highest BCUT2D eigenvalue weighted by Crippen LogP contribution is 2.23. The highest BCUT2D eigenvalue weighted by atomic mass is 79.9. The first-order chi connectivity index (χ1) is 5.69. The van der Waals surface area contributed by atoms with Crippen molar-refractivity contribution in [3.8, 4) is 0 Å². The second-order valence-electron chi connectivity index (χ2n) is 2.02. The summed E-state index contributed by atoms with van der Waals surface area (Å²) in [4.78, 5) is 20.6. The van der Waals surface area contributed by atoms with Crippen LogP contribution in [0.1, 0.15) is 11.1 Å². The van der Waals surface area contributed by atoms with E-state index in [4.69, 9.17) is 0 Å². The Kier molecular flexibility index (Phi) is 3.17. The molecule has 0 saturated carbocycles. The van der Waals surface area contributed by atoms with Crippen molar-refractivity contribution in [2.24, 2.45) is 0 Å². The zero-order valence-electron chi connectivity index (χ0n) is 5.73. The van der Waals surface area contributed by atoms with Crippen LogP contribution in [0.4, 0.5) is 0 Å². The largest absolute Gasteiger partial charge is 0.285 e. The summed E-state index contributed by atoms with van der Waals surface area (Å²) in [6, 6.07) is 3.02. The van der Waals surface area contributed by atoms with Crippen molar-refractivity contribution in [2.75, 3.05) is 0 Å². The van der Waals surface area contributed by atoms with Crippen molar-refractivity contribution in [1.29, 1.82) is 0 Å². The molecular formula is C8H2Br2O2. The monoisotopic (exact) mass is 288 g/mol.